The van der Waals surface area contributed by atoms with E-state index >= 15 is 0 Å². The van der Waals surface area contributed by atoms with Crippen molar-refractivity contribution >= 4 is 5.84 Å². The summed E-state index contributed by atoms with van der Waals surface area (Å²) in [5.74, 6) is 1.15. The number of amidine groups is 1. The van der Waals surface area contributed by atoms with Crippen LogP contribution in [0.5, 0.6) is 0 Å². The van der Waals surface area contributed by atoms with Gasteiger partial charge in [-0.15, -0.1) is 0 Å². The molecule has 1 fully saturated rings. The summed E-state index contributed by atoms with van der Waals surface area (Å²) in [6.07, 6.45) is 1.04. The van der Waals surface area contributed by atoms with E-state index in [4.69, 9.17) is 10.5 Å². The molecule has 1 rings (SSSR count). The second-order valence-corrected chi connectivity index (χ2v) is 2.46. The Hall–Kier alpha value is -0.570. The zero-order chi connectivity index (χ0) is 7.40. The first kappa shape index (κ1) is 7.54. The van der Waals surface area contributed by atoms with Gasteiger partial charge >= 0.3 is 0 Å². The second-order valence-electron chi connectivity index (χ2n) is 2.46. The van der Waals surface area contributed by atoms with Crippen LogP contribution in [-0.4, -0.2) is 25.6 Å². The molecule has 1 atom stereocenters. The maximum Gasteiger partial charge on any atom is 0.0992 e. The quantitative estimate of drug-likeness (QED) is 0.448. The van der Waals surface area contributed by atoms with Crippen LogP contribution in [0.25, 0.3) is 0 Å². The van der Waals surface area contributed by atoms with Gasteiger partial charge in [-0.1, -0.05) is 0 Å². The van der Waals surface area contributed by atoms with Crippen LogP contribution < -0.4 is 5.73 Å². The average molecular weight is 142 g/mol. The van der Waals surface area contributed by atoms with Crippen molar-refractivity contribution in [1.29, 1.82) is 0 Å². The van der Waals surface area contributed by atoms with Crippen molar-refractivity contribution in [3.63, 3.8) is 0 Å². The molecule has 10 heavy (non-hydrogen) atoms. The highest BCUT2D eigenvalue weighted by atomic mass is 16.5. The molecule has 0 saturated carbocycles. The summed E-state index contributed by atoms with van der Waals surface area (Å²) in [6.45, 7) is 4.37. The van der Waals surface area contributed by atoms with Gasteiger partial charge in [-0.25, -0.2) is 0 Å². The number of nitrogens with zero attached hydrogens (tertiary/aromatic N) is 1. The van der Waals surface area contributed by atoms with Crippen molar-refractivity contribution in [2.24, 2.45) is 16.6 Å². The summed E-state index contributed by atoms with van der Waals surface area (Å²) in [4.78, 5) is 4.12. The maximum atomic E-state index is 5.66. The monoisotopic (exact) mass is 142 g/mol. The van der Waals surface area contributed by atoms with Crippen molar-refractivity contribution in [1.82, 2.24) is 0 Å². The van der Waals surface area contributed by atoms with Gasteiger partial charge in [0.1, 0.15) is 0 Å². The Balaban J connectivity index is 2.39. The van der Waals surface area contributed by atoms with E-state index in [-0.39, 0.29) is 0 Å². The number of ether oxygens (including phenoxy) is 1. The third kappa shape index (κ3) is 1.70. The predicted octanol–water partition coefficient (Wildman–Crippen LogP) is 0.400. The van der Waals surface area contributed by atoms with E-state index in [9.17, 15) is 0 Å². The highest BCUT2D eigenvalue weighted by Gasteiger charge is 2.18. The molecule has 0 aromatic rings. The smallest absolute Gasteiger partial charge is 0.0992 e. The topological polar surface area (TPSA) is 47.6 Å². The Morgan fingerprint density at radius 2 is 2.60 bits per heavy atom. The SMILES string of the molecule is CCN=C(N)C1CCOC1. The first-order valence-corrected chi connectivity index (χ1v) is 3.72. The first-order chi connectivity index (χ1) is 4.84. The van der Waals surface area contributed by atoms with Crippen LogP contribution in [0.15, 0.2) is 4.99 Å². The molecule has 58 valence electrons. The fraction of sp³-hybridized carbons (Fsp3) is 0.857. The van der Waals surface area contributed by atoms with Gasteiger partial charge < -0.3 is 10.5 Å². The number of hydrogen-bond acceptors (Lipinski definition) is 2. The maximum absolute atomic E-state index is 5.66. The first-order valence-electron chi connectivity index (χ1n) is 3.72. The molecular formula is C7H14N2O. The minimum Gasteiger partial charge on any atom is -0.387 e. The number of rotatable bonds is 2. The summed E-state index contributed by atoms with van der Waals surface area (Å²) >= 11 is 0. The molecule has 0 aromatic carbocycles. The molecule has 1 saturated heterocycles. The molecule has 0 amide bonds. The minimum absolute atomic E-state index is 0.389. The fourth-order valence-electron chi connectivity index (χ4n) is 1.08. The summed E-state index contributed by atoms with van der Waals surface area (Å²) in [5, 5.41) is 0. The van der Waals surface area contributed by atoms with Gasteiger partial charge in [-0.2, -0.15) is 0 Å². The van der Waals surface area contributed by atoms with Crippen LogP contribution in [0, 0.1) is 5.92 Å². The molecule has 1 aliphatic rings. The molecule has 2 N–H and O–H groups in total. The van der Waals surface area contributed by atoms with Gasteiger partial charge in [0.15, 0.2) is 0 Å². The van der Waals surface area contributed by atoms with Crippen molar-refractivity contribution < 1.29 is 4.74 Å². The fourth-order valence-corrected chi connectivity index (χ4v) is 1.08. The molecule has 0 aliphatic carbocycles. The normalized spacial score (nSPS) is 27.3. The van der Waals surface area contributed by atoms with E-state index in [0.29, 0.717) is 5.92 Å². The number of hydrogen-bond donors (Lipinski definition) is 1. The lowest BCUT2D eigenvalue weighted by Crippen LogP contribution is -2.24. The largest absolute Gasteiger partial charge is 0.387 e. The predicted molar refractivity (Wildman–Crippen MR) is 41.1 cm³/mol. The lowest BCUT2D eigenvalue weighted by Gasteiger charge is -2.04. The van der Waals surface area contributed by atoms with E-state index in [1.54, 1.807) is 0 Å². The number of nitrogens with two attached hydrogens (primary N) is 1. The Labute approximate surface area is 61.3 Å². The number of aliphatic imine (C=N–C) groups is 1. The zero-order valence-corrected chi connectivity index (χ0v) is 6.34. The summed E-state index contributed by atoms with van der Waals surface area (Å²) in [5.41, 5.74) is 5.66. The summed E-state index contributed by atoms with van der Waals surface area (Å²) in [6, 6.07) is 0. The van der Waals surface area contributed by atoms with Crippen molar-refractivity contribution in [3.05, 3.63) is 0 Å². The molecule has 1 aliphatic heterocycles. The van der Waals surface area contributed by atoms with Crippen molar-refractivity contribution in [3.8, 4) is 0 Å². The third-order valence-electron chi connectivity index (χ3n) is 1.69. The van der Waals surface area contributed by atoms with E-state index < -0.39 is 0 Å². The molecule has 0 aromatic heterocycles. The Bertz CT molecular complexity index is 128. The minimum atomic E-state index is 0.389. The zero-order valence-electron chi connectivity index (χ0n) is 6.34. The van der Waals surface area contributed by atoms with Crippen molar-refractivity contribution in [2.75, 3.05) is 19.8 Å². The second kappa shape index (κ2) is 3.56. The van der Waals surface area contributed by atoms with Crippen LogP contribution in [0.1, 0.15) is 13.3 Å². The van der Waals surface area contributed by atoms with Crippen LogP contribution in [0.3, 0.4) is 0 Å². The summed E-state index contributed by atoms with van der Waals surface area (Å²) in [7, 11) is 0. The van der Waals surface area contributed by atoms with Crippen molar-refractivity contribution in [2.45, 2.75) is 13.3 Å². The standard InChI is InChI=1S/C7H14N2O/c1-2-9-7(8)6-3-4-10-5-6/h6H,2-5H2,1H3,(H2,8,9). The van der Waals surface area contributed by atoms with Crippen LogP contribution >= 0.6 is 0 Å². The van der Waals surface area contributed by atoms with Gasteiger partial charge in [0.25, 0.3) is 0 Å². The highest BCUT2D eigenvalue weighted by Crippen LogP contribution is 2.11. The van der Waals surface area contributed by atoms with Gasteiger partial charge in [0.05, 0.1) is 12.4 Å². The molecule has 0 radical (unpaired) electrons. The lowest BCUT2D eigenvalue weighted by molar-refractivity contribution is 0.193. The van der Waals surface area contributed by atoms with Crippen LogP contribution in [0.4, 0.5) is 0 Å². The molecule has 3 nitrogen and oxygen atoms in total. The van der Waals surface area contributed by atoms with E-state index in [1.807, 2.05) is 6.92 Å². The Kier molecular flexibility index (Phi) is 2.68. The average Bonchev–Trinajstić information content (AvgIpc) is 2.38. The van der Waals surface area contributed by atoms with Gasteiger partial charge in [-0.3, -0.25) is 4.99 Å². The molecule has 1 unspecified atom stereocenters. The molecule has 0 spiro atoms. The van der Waals surface area contributed by atoms with Gasteiger partial charge in [0.2, 0.25) is 0 Å². The molecule has 0 bridgehead atoms. The lowest BCUT2D eigenvalue weighted by atomic mass is 10.1. The molecule has 1 heterocycles. The third-order valence-corrected chi connectivity index (χ3v) is 1.69. The Morgan fingerprint density at radius 1 is 1.80 bits per heavy atom. The van der Waals surface area contributed by atoms with E-state index in [0.717, 1.165) is 32.0 Å². The van der Waals surface area contributed by atoms with Crippen LogP contribution in [0.2, 0.25) is 0 Å². The van der Waals surface area contributed by atoms with E-state index in [1.165, 1.54) is 0 Å². The highest BCUT2D eigenvalue weighted by molar-refractivity contribution is 5.83. The van der Waals surface area contributed by atoms with Gasteiger partial charge in [0, 0.05) is 19.1 Å². The Morgan fingerprint density at radius 3 is 3.10 bits per heavy atom. The molecule has 3 heteroatoms. The molecular weight excluding hydrogens is 128 g/mol. The van der Waals surface area contributed by atoms with E-state index in [2.05, 4.69) is 4.99 Å². The van der Waals surface area contributed by atoms with Crippen LogP contribution in [-0.2, 0) is 4.74 Å². The van der Waals surface area contributed by atoms with Gasteiger partial charge in [-0.05, 0) is 13.3 Å². The summed E-state index contributed by atoms with van der Waals surface area (Å²) < 4.78 is 5.16.